The first-order chi connectivity index (χ1) is 24.0. The molecule has 1 aliphatic heterocycles. The highest BCUT2D eigenvalue weighted by Crippen LogP contribution is 2.54. The Morgan fingerprint density at radius 3 is 2.28 bits per heavy atom. The Morgan fingerprint density at radius 2 is 1.64 bits per heavy atom. The molecule has 274 valence electrons. The number of carboxylic acids is 1. The third-order valence-electron chi connectivity index (χ3n) is 8.31. The number of nitrogens with one attached hydrogen (secondary N) is 3. The second-order valence-electron chi connectivity index (χ2n) is 12.0. The van der Waals surface area contributed by atoms with Crippen LogP contribution in [0.5, 0.6) is 0 Å². The summed E-state index contributed by atoms with van der Waals surface area (Å²) in [5, 5.41) is 17.7. The van der Waals surface area contributed by atoms with E-state index in [-0.39, 0.29) is 32.5 Å². The van der Waals surface area contributed by atoms with E-state index in [1.807, 2.05) is 37.3 Å². The van der Waals surface area contributed by atoms with Gasteiger partial charge in [0.05, 0.1) is 0 Å². The quantitative estimate of drug-likeness (QED) is 0.109. The Balaban J connectivity index is 1.67. The SMILES string of the molecule is CCCCC(NC(=O)[C@H](CCCCNC(=O)OCc1ccccc1)NC(=O)c1ccccc1)P(=O)(OC)O[C@@H](C)C(=O)N1CCC[C@H]1C(=O)O. The summed E-state index contributed by atoms with van der Waals surface area (Å²) >= 11 is 0. The normalized spacial score (nSPS) is 17.1. The molecule has 4 N–H and O–H groups in total. The molecule has 0 aliphatic carbocycles. The van der Waals surface area contributed by atoms with Gasteiger partial charge in [0.2, 0.25) is 5.91 Å². The van der Waals surface area contributed by atoms with Gasteiger partial charge in [-0.15, -0.1) is 0 Å². The monoisotopic (exact) mass is 716 g/mol. The molecule has 4 amide bonds. The second-order valence-corrected chi connectivity index (χ2v) is 14.3. The van der Waals surface area contributed by atoms with Gasteiger partial charge in [-0.05, 0) is 63.1 Å². The molecular formula is C35H49N4O10P. The van der Waals surface area contributed by atoms with Gasteiger partial charge in [-0.1, -0.05) is 68.3 Å². The van der Waals surface area contributed by atoms with Gasteiger partial charge in [0.1, 0.15) is 30.6 Å². The molecule has 14 nitrogen and oxygen atoms in total. The van der Waals surface area contributed by atoms with Gasteiger partial charge in [0.15, 0.2) is 0 Å². The minimum Gasteiger partial charge on any atom is -0.480 e. The standard InChI is InChI=1S/C35H49N4O10P/c1-4-5-21-30(50(46,47-3)49-25(2)33(42)39-23-14-20-29(39)34(43)44)38-32(41)28(37-31(40)27-17-10-7-11-18-27)19-12-13-22-36-35(45)48-24-26-15-8-6-9-16-26/h6-11,15-18,25,28-30H,4-5,12-14,19-24H2,1-3H3,(H,36,45)(H,37,40)(H,38,41)(H,43,44)/t25-,28-,29-,30?,50?/m0/s1. The summed E-state index contributed by atoms with van der Waals surface area (Å²) in [6, 6.07) is 15.6. The van der Waals surface area contributed by atoms with E-state index in [1.165, 1.54) is 11.8 Å². The largest absolute Gasteiger partial charge is 0.480 e. The number of hydrogen-bond acceptors (Lipinski definition) is 9. The molecule has 1 heterocycles. The predicted octanol–water partition coefficient (Wildman–Crippen LogP) is 4.83. The van der Waals surface area contributed by atoms with Crippen molar-refractivity contribution in [2.75, 3.05) is 20.2 Å². The number of aliphatic carboxylic acids is 1. The zero-order chi connectivity index (χ0) is 36.5. The van der Waals surface area contributed by atoms with E-state index >= 15 is 0 Å². The lowest BCUT2D eigenvalue weighted by molar-refractivity contribution is -0.151. The number of hydrogen-bond donors (Lipinski definition) is 4. The van der Waals surface area contributed by atoms with Crippen molar-refractivity contribution < 1.29 is 47.4 Å². The lowest BCUT2D eigenvalue weighted by Gasteiger charge is -2.31. The first-order valence-corrected chi connectivity index (χ1v) is 18.6. The second kappa shape index (κ2) is 20.4. The van der Waals surface area contributed by atoms with E-state index in [2.05, 4.69) is 16.0 Å². The summed E-state index contributed by atoms with van der Waals surface area (Å²) < 4.78 is 30.5. The molecule has 2 aromatic rings. The van der Waals surface area contributed by atoms with Crippen LogP contribution in [-0.2, 0) is 39.3 Å². The Labute approximate surface area is 293 Å². The molecule has 2 aromatic carbocycles. The molecule has 1 aliphatic rings. The maximum Gasteiger partial charge on any atom is 0.407 e. The molecule has 5 atom stereocenters. The molecule has 0 bridgehead atoms. The topological polar surface area (TPSA) is 190 Å². The van der Waals surface area contributed by atoms with E-state index in [0.717, 1.165) is 12.7 Å². The first-order valence-electron chi connectivity index (χ1n) is 17.0. The number of nitrogens with zero attached hydrogens (tertiary/aromatic N) is 1. The Kier molecular flexibility index (Phi) is 16.4. The van der Waals surface area contributed by atoms with Crippen LogP contribution in [0.4, 0.5) is 4.79 Å². The van der Waals surface area contributed by atoms with Crippen LogP contribution in [0, 0.1) is 0 Å². The summed E-state index contributed by atoms with van der Waals surface area (Å²) in [4.78, 5) is 65.1. The number of unbranched alkanes of at least 4 members (excludes halogenated alkanes) is 2. The summed E-state index contributed by atoms with van der Waals surface area (Å²) in [6.45, 7) is 3.91. The van der Waals surface area contributed by atoms with Gasteiger partial charge < -0.3 is 35.2 Å². The van der Waals surface area contributed by atoms with Crippen LogP contribution >= 0.6 is 7.60 Å². The highest BCUT2D eigenvalue weighted by atomic mass is 31.2. The van der Waals surface area contributed by atoms with E-state index in [0.29, 0.717) is 44.1 Å². The summed E-state index contributed by atoms with van der Waals surface area (Å²) in [5.41, 5.74) is 1.20. The van der Waals surface area contributed by atoms with Crippen LogP contribution in [0.2, 0.25) is 0 Å². The van der Waals surface area contributed by atoms with E-state index < -0.39 is 61.4 Å². The van der Waals surface area contributed by atoms with Gasteiger partial charge in [-0.25, -0.2) is 9.59 Å². The Bertz CT molecular complexity index is 1460. The number of amides is 4. The van der Waals surface area contributed by atoms with Gasteiger partial charge in [-0.3, -0.25) is 23.5 Å². The van der Waals surface area contributed by atoms with Crippen molar-refractivity contribution in [2.24, 2.45) is 0 Å². The molecular weight excluding hydrogens is 667 g/mol. The fourth-order valence-electron chi connectivity index (χ4n) is 5.54. The molecule has 0 saturated carbocycles. The molecule has 1 saturated heterocycles. The summed E-state index contributed by atoms with van der Waals surface area (Å²) in [5.74, 6) is -4.05. The van der Waals surface area contributed by atoms with Crippen LogP contribution in [-0.4, -0.2) is 84.0 Å². The molecule has 1 fully saturated rings. The number of carbonyl (C=O) groups excluding carboxylic acids is 4. The fraction of sp³-hybridized carbons (Fsp3) is 0.514. The molecule has 0 radical (unpaired) electrons. The van der Waals surface area contributed by atoms with Crippen molar-refractivity contribution in [3.05, 3.63) is 71.8 Å². The third kappa shape index (κ3) is 12.3. The zero-order valence-corrected chi connectivity index (χ0v) is 29.8. The molecule has 0 aromatic heterocycles. The number of rotatable bonds is 20. The minimum absolute atomic E-state index is 0.128. The zero-order valence-electron chi connectivity index (χ0n) is 28.9. The Morgan fingerprint density at radius 1 is 0.960 bits per heavy atom. The van der Waals surface area contributed by atoms with E-state index in [4.69, 9.17) is 13.8 Å². The van der Waals surface area contributed by atoms with E-state index in [9.17, 15) is 33.6 Å². The predicted molar refractivity (Wildman–Crippen MR) is 185 cm³/mol. The number of benzene rings is 2. The average molecular weight is 717 g/mol. The minimum atomic E-state index is -4.20. The van der Waals surface area contributed by atoms with Crippen LogP contribution in [0.25, 0.3) is 0 Å². The molecule has 2 unspecified atom stereocenters. The highest BCUT2D eigenvalue weighted by molar-refractivity contribution is 7.54. The molecule has 0 spiro atoms. The maximum absolute atomic E-state index is 14.2. The fourth-order valence-corrected chi connectivity index (χ4v) is 7.34. The first kappa shape index (κ1) is 40.2. The van der Waals surface area contributed by atoms with Gasteiger partial charge in [0, 0.05) is 25.8 Å². The van der Waals surface area contributed by atoms with Crippen molar-refractivity contribution >= 4 is 37.4 Å². The molecule has 50 heavy (non-hydrogen) atoms. The molecule has 3 rings (SSSR count). The van der Waals surface area contributed by atoms with Crippen molar-refractivity contribution in [1.82, 2.24) is 20.9 Å². The lowest BCUT2D eigenvalue weighted by Crippen LogP contribution is -2.50. The number of carbonyl (C=O) groups is 5. The van der Waals surface area contributed by atoms with E-state index in [1.54, 1.807) is 30.3 Å². The lowest BCUT2D eigenvalue weighted by atomic mass is 10.1. The number of alkyl carbamates (subject to hydrolysis) is 1. The van der Waals surface area contributed by atoms with Crippen molar-refractivity contribution in [3.63, 3.8) is 0 Å². The number of likely N-dealkylation sites (tertiary alicyclic amines) is 1. The maximum atomic E-state index is 14.2. The van der Waals surface area contributed by atoms with Crippen LogP contribution in [0.15, 0.2) is 60.7 Å². The number of ether oxygens (including phenoxy) is 1. The molecule has 15 heteroatoms. The van der Waals surface area contributed by atoms with Crippen LogP contribution < -0.4 is 16.0 Å². The van der Waals surface area contributed by atoms with Crippen LogP contribution in [0.3, 0.4) is 0 Å². The average Bonchev–Trinajstić information content (AvgIpc) is 3.62. The van der Waals surface area contributed by atoms with Crippen LogP contribution in [0.1, 0.15) is 81.1 Å². The summed E-state index contributed by atoms with van der Waals surface area (Å²) in [6.07, 6.45) is 1.40. The van der Waals surface area contributed by atoms with Crippen molar-refractivity contribution in [1.29, 1.82) is 0 Å². The Hall–Kier alpha value is -4.26. The third-order valence-corrected chi connectivity index (χ3v) is 10.6. The van der Waals surface area contributed by atoms with Gasteiger partial charge in [-0.2, -0.15) is 0 Å². The van der Waals surface area contributed by atoms with Crippen molar-refractivity contribution in [2.45, 2.75) is 95.8 Å². The van der Waals surface area contributed by atoms with Gasteiger partial charge >= 0.3 is 19.7 Å². The van der Waals surface area contributed by atoms with Crippen molar-refractivity contribution in [3.8, 4) is 0 Å². The summed E-state index contributed by atoms with van der Waals surface area (Å²) in [7, 11) is -3.04. The highest BCUT2D eigenvalue weighted by Gasteiger charge is 2.43. The van der Waals surface area contributed by atoms with Gasteiger partial charge in [0.25, 0.3) is 11.8 Å². The smallest absolute Gasteiger partial charge is 0.407 e. The number of carboxylic acid groups (broad SMARTS) is 1.